The van der Waals surface area contributed by atoms with E-state index in [4.69, 9.17) is 16.6 Å². The Hall–Kier alpha value is -1.53. The number of halogens is 1. The Morgan fingerprint density at radius 1 is 1.26 bits per heavy atom. The van der Waals surface area contributed by atoms with Crippen LogP contribution in [-0.4, -0.2) is 38.7 Å². The fraction of sp³-hybridized carbons (Fsp3) is 0.550. The molecule has 0 saturated carbocycles. The maximum atomic E-state index is 13.1. The van der Waals surface area contributed by atoms with Crippen LogP contribution < -0.4 is 5.56 Å². The third-order valence-electron chi connectivity index (χ3n) is 4.86. The number of likely N-dealkylation sites (tertiary alicyclic amines) is 1. The third-order valence-corrected chi connectivity index (χ3v) is 6.17. The SMILES string of the molecule is CC(C)CCn1c(SC(C)C(=O)N2CCCC2)nc2cc(Cl)ccc2c1=O. The van der Waals surface area contributed by atoms with Crippen molar-refractivity contribution in [2.75, 3.05) is 13.1 Å². The van der Waals surface area contributed by atoms with Crippen LogP contribution in [0.25, 0.3) is 10.9 Å². The van der Waals surface area contributed by atoms with Gasteiger partial charge in [0.25, 0.3) is 5.56 Å². The van der Waals surface area contributed by atoms with Crippen molar-refractivity contribution in [3.8, 4) is 0 Å². The van der Waals surface area contributed by atoms with Gasteiger partial charge < -0.3 is 4.90 Å². The second kappa shape index (κ2) is 8.65. The molecule has 146 valence electrons. The first-order valence-corrected chi connectivity index (χ1v) is 10.8. The van der Waals surface area contributed by atoms with Crippen molar-refractivity contribution in [2.45, 2.75) is 57.0 Å². The average molecular weight is 408 g/mol. The Labute approximate surface area is 169 Å². The van der Waals surface area contributed by atoms with Gasteiger partial charge in [0.15, 0.2) is 5.16 Å². The lowest BCUT2D eigenvalue weighted by Gasteiger charge is -2.21. The van der Waals surface area contributed by atoms with Crippen LogP contribution in [0.3, 0.4) is 0 Å². The highest BCUT2D eigenvalue weighted by Crippen LogP contribution is 2.26. The fourth-order valence-electron chi connectivity index (χ4n) is 3.25. The van der Waals surface area contributed by atoms with Gasteiger partial charge in [0, 0.05) is 24.7 Å². The minimum absolute atomic E-state index is 0.0689. The van der Waals surface area contributed by atoms with Crippen molar-refractivity contribution < 1.29 is 4.79 Å². The number of thioether (sulfide) groups is 1. The predicted molar refractivity (Wildman–Crippen MR) is 112 cm³/mol. The van der Waals surface area contributed by atoms with Crippen molar-refractivity contribution in [2.24, 2.45) is 5.92 Å². The van der Waals surface area contributed by atoms with Crippen LogP contribution >= 0.6 is 23.4 Å². The molecule has 3 rings (SSSR count). The number of rotatable bonds is 6. The van der Waals surface area contributed by atoms with E-state index in [1.807, 2.05) is 11.8 Å². The summed E-state index contributed by atoms with van der Waals surface area (Å²) in [5.74, 6) is 0.590. The van der Waals surface area contributed by atoms with E-state index < -0.39 is 0 Å². The average Bonchev–Trinajstić information content (AvgIpc) is 3.14. The standard InChI is InChI=1S/C20H26ClN3O2S/c1-13(2)8-11-24-19(26)16-7-6-15(21)12-17(16)22-20(24)27-14(3)18(25)23-9-4-5-10-23/h6-7,12-14H,4-5,8-11H2,1-3H3. The van der Waals surface area contributed by atoms with E-state index in [1.54, 1.807) is 22.8 Å². The zero-order valence-corrected chi connectivity index (χ0v) is 17.6. The molecule has 5 nitrogen and oxygen atoms in total. The largest absolute Gasteiger partial charge is 0.342 e. The summed E-state index contributed by atoms with van der Waals surface area (Å²) in [6.07, 6.45) is 3.01. The van der Waals surface area contributed by atoms with E-state index in [-0.39, 0.29) is 16.7 Å². The predicted octanol–water partition coefficient (Wildman–Crippen LogP) is 4.20. The van der Waals surface area contributed by atoms with Gasteiger partial charge in [-0.15, -0.1) is 0 Å². The Balaban J connectivity index is 1.96. The smallest absolute Gasteiger partial charge is 0.262 e. The molecular weight excluding hydrogens is 382 g/mol. The maximum Gasteiger partial charge on any atom is 0.262 e. The molecule has 7 heteroatoms. The van der Waals surface area contributed by atoms with Crippen LogP contribution in [0.4, 0.5) is 0 Å². The molecule has 0 aliphatic carbocycles. The van der Waals surface area contributed by atoms with E-state index in [9.17, 15) is 9.59 Å². The minimum atomic E-state index is -0.281. The van der Waals surface area contributed by atoms with Crippen molar-refractivity contribution in [1.82, 2.24) is 14.5 Å². The molecule has 2 heterocycles. The lowest BCUT2D eigenvalue weighted by molar-refractivity contribution is -0.129. The van der Waals surface area contributed by atoms with Crippen LogP contribution in [-0.2, 0) is 11.3 Å². The molecule has 1 aliphatic rings. The normalized spacial score (nSPS) is 15.7. The summed E-state index contributed by atoms with van der Waals surface area (Å²) >= 11 is 7.46. The molecule has 0 radical (unpaired) electrons. The molecule has 1 fully saturated rings. The van der Waals surface area contributed by atoms with Gasteiger partial charge >= 0.3 is 0 Å². The van der Waals surface area contributed by atoms with Gasteiger partial charge in [0.2, 0.25) is 5.91 Å². The first kappa shape index (κ1) is 20.2. The van der Waals surface area contributed by atoms with Crippen molar-refractivity contribution in [1.29, 1.82) is 0 Å². The van der Waals surface area contributed by atoms with Gasteiger partial charge in [-0.2, -0.15) is 0 Å². The number of fused-ring (bicyclic) bond motifs is 1. The molecule has 27 heavy (non-hydrogen) atoms. The summed E-state index contributed by atoms with van der Waals surface area (Å²) in [5, 5.41) is 1.42. The minimum Gasteiger partial charge on any atom is -0.342 e. The summed E-state index contributed by atoms with van der Waals surface area (Å²) in [5.41, 5.74) is 0.511. The van der Waals surface area contributed by atoms with E-state index >= 15 is 0 Å². The molecule has 0 spiro atoms. The second-order valence-electron chi connectivity index (χ2n) is 7.49. The van der Waals surface area contributed by atoms with Crippen molar-refractivity contribution in [3.05, 3.63) is 33.6 Å². The third kappa shape index (κ3) is 4.66. The summed E-state index contributed by atoms with van der Waals surface area (Å²) < 4.78 is 1.72. The number of hydrogen-bond acceptors (Lipinski definition) is 4. The monoisotopic (exact) mass is 407 g/mol. The number of amides is 1. The van der Waals surface area contributed by atoms with E-state index in [2.05, 4.69) is 13.8 Å². The Morgan fingerprint density at radius 2 is 1.96 bits per heavy atom. The van der Waals surface area contributed by atoms with Gasteiger partial charge in [-0.25, -0.2) is 4.98 Å². The van der Waals surface area contributed by atoms with Gasteiger partial charge in [0.05, 0.1) is 16.2 Å². The Bertz CT molecular complexity index is 891. The molecule has 0 bridgehead atoms. The number of hydrogen-bond donors (Lipinski definition) is 0. The van der Waals surface area contributed by atoms with E-state index in [1.165, 1.54) is 11.8 Å². The van der Waals surface area contributed by atoms with Crippen LogP contribution in [0.1, 0.15) is 40.0 Å². The van der Waals surface area contributed by atoms with Gasteiger partial charge in [0.1, 0.15) is 0 Å². The van der Waals surface area contributed by atoms with Crippen LogP contribution in [0.5, 0.6) is 0 Å². The summed E-state index contributed by atoms with van der Waals surface area (Å²) in [6.45, 7) is 8.40. The fourth-order valence-corrected chi connectivity index (χ4v) is 4.44. The number of benzene rings is 1. The molecule has 1 unspecified atom stereocenters. The second-order valence-corrected chi connectivity index (χ2v) is 9.23. The molecule has 1 aliphatic heterocycles. The summed E-state index contributed by atoms with van der Waals surface area (Å²) in [6, 6.07) is 5.15. The lowest BCUT2D eigenvalue weighted by atomic mass is 10.1. The Morgan fingerprint density at radius 3 is 2.63 bits per heavy atom. The first-order valence-electron chi connectivity index (χ1n) is 9.52. The highest BCUT2D eigenvalue weighted by Gasteiger charge is 2.25. The van der Waals surface area contributed by atoms with Crippen LogP contribution in [0.2, 0.25) is 5.02 Å². The number of aromatic nitrogens is 2. The number of nitrogens with zero attached hydrogens (tertiary/aromatic N) is 3. The van der Waals surface area contributed by atoms with Crippen molar-refractivity contribution in [3.63, 3.8) is 0 Å². The maximum absolute atomic E-state index is 13.1. The summed E-state index contributed by atoms with van der Waals surface area (Å²) in [7, 11) is 0. The van der Waals surface area contributed by atoms with Gasteiger partial charge in [-0.3, -0.25) is 14.2 Å². The van der Waals surface area contributed by atoms with Gasteiger partial charge in [-0.05, 0) is 50.3 Å². The van der Waals surface area contributed by atoms with E-state index in [0.29, 0.717) is 33.5 Å². The number of carbonyl (C=O) groups excluding carboxylic acids is 1. The van der Waals surface area contributed by atoms with Gasteiger partial charge in [-0.1, -0.05) is 37.2 Å². The molecule has 0 N–H and O–H groups in total. The zero-order chi connectivity index (χ0) is 19.6. The molecule has 1 atom stereocenters. The number of carbonyl (C=O) groups is 1. The molecule has 2 aromatic rings. The molecular formula is C20H26ClN3O2S. The van der Waals surface area contributed by atoms with Crippen LogP contribution in [0.15, 0.2) is 28.2 Å². The molecule has 1 aromatic heterocycles. The summed E-state index contributed by atoms with van der Waals surface area (Å²) in [4.78, 5) is 32.4. The molecule has 1 saturated heterocycles. The first-order chi connectivity index (χ1) is 12.9. The Kier molecular flexibility index (Phi) is 6.48. The quantitative estimate of drug-likeness (QED) is 0.532. The topological polar surface area (TPSA) is 55.2 Å². The highest BCUT2D eigenvalue weighted by molar-refractivity contribution is 8.00. The van der Waals surface area contributed by atoms with Crippen molar-refractivity contribution >= 4 is 40.2 Å². The van der Waals surface area contributed by atoms with Crippen LogP contribution in [0, 0.1) is 5.92 Å². The molecule has 1 aromatic carbocycles. The van der Waals surface area contributed by atoms with E-state index in [0.717, 1.165) is 32.4 Å². The highest BCUT2D eigenvalue weighted by atomic mass is 35.5. The molecule has 1 amide bonds. The zero-order valence-electron chi connectivity index (χ0n) is 16.1. The lowest BCUT2D eigenvalue weighted by Crippen LogP contribution is -2.34.